The summed E-state index contributed by atoms with van der Waals surface area (Å²) in [4.78, 5) is 0. The van der Waals surface area contributed by atoms with Gasteiger partial charge in [-0.05, 0) is 30.6 Å². The lowest BCUT2D eigenvalue weighted by Crippen LogP contribution is -2.22. The number of rotatable bonds is 2. The van der Waals surface area contributed by atoms with Gasteiger partial charge in [0.2, 0.25) is 0 Å². The van der Waals surface area contributed by atoms with Gasteiger partial charge < -0.3 is 5.11 Å². The molecule has 1 N–H and O–H groups in total. The highest BCUT2D eigenvalue weighted by molar-refractivity contribution is 4.75. The second-order valence-corrected chi connectivity index (χ2v) is 4.49. The van der Waals surface area contributed by atoms with E-state index in [-0.39, 0.29) is 0 Å². The minimum Gasteiger partial charge on any atom is -0.396 e. The summed E-state index contributed by atoms with van der Waals surface area (Å²) in [5.41, 5.74) is 0. The molecule has 12 heavy (non-hydrogen) atoms. The van der Waals surface area contributed by atoms with Gasteiger partial charge in [-0.2, -0.15) is 0 Å². The van der Waals surface area contributed by atoms with Crippen LogP contribution in [0.5, 0.6) is 0 Å². The largest absolute Gasteiger partial charge is 0.396 e. The van der Waals surface area contributed by atoms with Gasteiger partial charge >= 0.3 is 0 Å². The van der Waals surface area contributed by atoms with Gasteiger partial charge in [0.05, 0.1) is 0 Å². The molecule has 0 radical (unpaired) electrons. The Morgan fingerprint density at radius 1 is 1.17 bits per heavy atom. The van der Waals surface area contributed by atoms with Crippen molar-refractivity contribution in [3.63, 3.8) is 0 Å². The second-order valence-electron chi connectivity index (χ2n) is 4.49. The molecule has 0 bridgehead atoms. The van der Waals surface area contributed by atoms with E-state index in [1.807, 2.05) is 0 Å². The first-order valence-electron chi connectivity index (χ1n) is 5.36. The minimum absolute atomic E-state index is 0.406. The lowest BCUT2D eigenvalue weighted by atomic mass is 9.80. The van der Waals surface area contributed by atoms with Gasteiger partial charge in [-0.15, -0.1) is 0 Å². The quantitative estimate of drug-likeness (QED) is 0.632. The zero-order valence-electron chi connectivity index (χ0n) is 8.42. The first-order valence-corrected chi connectivity index (χ1v) is 5.36. The number of hydrogen-bond acceptors (Lipinski definition) is 1. The Morgan fingerprint density at radius 3 is 2.42 bits per heavy atom. The standard InChI is InChI=1S/C11H22O/c1-9(2)11-7-5-3-4-6-10(11)8-12/h9-12H,3-8H2,1-2H3/t10-,11-/m1/s1. The second kappa shape index (κ2) is 4.86. The Hall–Kier alpha value is -0.0400. The van der Waals surface area contributed by atoms with Gasteiger partial charge in [0.1, 0.15) is 0 Å². The van der Waals surface area contributed by atoms with Crippen molar-refractivity contribution in [1.82, 2.24) is 0 Å². The average Bonchev–Trinajstić information content (AvgIpc) is 2.27. The van der Waals surface area contributed by atoms with E-state index in [9.17, 15) is 5.11 Å². The Bertz CT molecular complexity index is 120. The van der Waals surface area contributed by atoms with Crippen LogP contribution in [0.3, 0.4) is 0 Å². The van der Waals surface area contributed by atoms with E-state index in [0.29, 0.717) is 12.5 Å². The molecule has 1 rings (SSSR count). The van der Waals surface area contributed by atoms with Crippen LogP contribution in [0.2, 0.25) is 0 Å². The number of hydrogen-bond donors (Lipinski definition) is 1. The van der Waals surface area contributed by atoms with Gasteiger partial charge in [-0.3, -0.25) is 0 Å². The Balaban J connectivity index is 2.51. The maximum atomic E-state index is 9.24. The van der Waals surface area contributed by atoms with Crippen molar-refractivity contribution in [2.45, 2.75) is 46.0 Å². The van der Waals surface area contributed by atoms with Crippen LogP contribution >= 0.6 is 0 Å². The summed E-state index contributed by atoms with van der Waals surface area (Å²) in [6.45, 7) is 4.99. The number of aliphatic hydroxyl groups excluding tert-OH is 1. The maximum Gasteiger partial charge on any atom is 0.0462 e. The van der Waals surface area contributed by atoms with Crippen molar-refractivity contribution >= 4 is 0 Å². The Morgan fingerprint density at radius 2 is 1.83 bits per heavy atom. The van der Waals surface area contributed by atoms with Crippen molar-refractivity contribution < 1.29 is 5.11 Å². The summed E-state index contributed by atoms with van der Waals surface area (Å²) in [7, 11) is 0. The van der Waals surface area contributed by atoms with E-state index in [4.69, 9.17) is 0 Å². The van der Waals surface area contributed by atoms with Crippen molar-refractivity contribution in [2.24, 2.45) is 17.8 Å². The van der Waals surface area contributed by atoms with E-state index in [0.717, 1.165) is 11.8 Å². The van der Waals surface area contributed by atoms with E-state index < -0.39 is 0 Å². The van der Waals surface area contributed by atoms with Crippen molar-refractivity contribution in [2.75, 3.05) is 6.61 Å². The molecule has 0 unspecified atom stereocenters. The lowest BCUT2D eigenvalue weighted by Gasteiger charge is -2.26. The number of aliphatic hydroxyl groups is 1. The summed E-state index contributed by atoms with van der Waals surface area (Å²) in [6.07, 6.45) is 6.66. The SMILES string of the molecule is CC(C)[C@H]1CCCCC[C@@H]1CO. The van der Waals surface area contributed by atoms with Crippen molar-refractivity contribution in [3.05, 3.63) is 0 Å². The highest BCUT2D eigenvalue weighted by Crippen LogP contribution is 2.33. The minimum atomic E-state index is 0.406. The Kier molecular flexibility index (Phi) is 4.07. The van der Waals surface area contributed by atoms with E-state index in [1.54, 1.807) is 0 Å². The van der Waals surface area contributed by atoms with Gasteiger partial charge in [0, 0.05) is 6.61 Å². The molecule has 1 nitrogen and oxygen atoms in total. The molecule has 0 aliphatic heterocycles. The van der Waals surface area contributed by atoms with E-state index >= 15 is 0 Å². The molecule has 1 saturated carbocycles. The molecule has 72 valence electrons. The molecule has 2 atom stereocenters. The molecule has 1 aliphatic rings. The summed E-state index contributed by atoms with van der Waals surface area (Å²) in [5, 5.41) is 9.24. The molecular formula is C11H22O. The molecule has 0 saturated heterocycles. The Labute approximate surface area is 76.2 Å². The van der Waals surface area contributed by atoms with Gasteiger partial charge in [0.25, 0.3) is 0 Å². The monoisotopic (exact) mass is 170 g/mol. The first kappa shape index (κ1) is 10.0. The highest BCUT2D eigenvalue weighted by Gasteiger charge is 2.25. The molecular weight excluding hydrogens is 148 g/mol. The van der Waals surface area contributed by atoms with Crippen LogP contribution in [-0.4, -0.2) is 11.7 Å². The molecule has 1 aliphatic carbocycles. The molecule has 0 aromatic rings. The average molecular weight is 170 g/mol. The molecule has 1 fully saturated rings. The summed E-state index contributed by atoms with van der Waals surface area (Å²) >= 11 is 0. The summed E-state index contributed by atoms with van der Waals surface area (Å²) in [5.74, 6) is 2.12. The topological polar surface area (TPSA) is 20.2 Å². The predicted molar refractivity (Wildman–Crippen MR) is 52.0 cm³/mol. The van der Waals surface area contributed by atoms with Crippen LogP contribution in [0, 0.1) is 17.8 Å². The van der Waals surface area contributed by atoms with Crippen LogP contribution in [0.1, 0.15) is 46.0 Å². The maximum absolute atomic E-state index is 9.24. The van der Waals surface area contributed by atoms with Crippen LogP contribution in [0.15, 0.2) is 0 Å². The lowest BCUT2D eigenvalue weighted by molar-refractivity contribution is 0.139. The van der Waals surface area contributed by atoms with Crippen LogP contribution in [0.25, 0.3) is 0 Å². The van der Waals surface area contributed by atoms with Crippen molar-refractivity contribution in [1.29, 1.82) is 0 Å². The van der Waals surface area contributed by atoms with Crippen LogP contribution in [0.4, 0.5) is 0 Å². The van der Waals surface area contributed by atoms with Crippen LogP contribution in [-0.2, 0) is 0 Å². The highest BCUT2D eigenvalue weighted by atomic mass is 16.3. The van der Waals surface area contributed by atoms with E-state index in [1.165, 1.54) is 32.1 Å². The fraction of sp³-hybridized carbons (Fsp3) is 1.00. The third kappa shape index (κ3) is 2.48. The molecule has 0 amide bonds. The van der Waals surface area contributed by atoms with Gasteiger partial charge in [-0.25, -0.2) is 0 Å². The third-order valence-electron chi connectivity index (χ3n) is 3.31. The molecule has 0 aromatic carbocycles. The fourth-order valence-electron chi connectivity index (χ4n) is 2.52. The summed E-state index contributed by atoms with van der Waals surface area (Å²) in [6, 6.07) is 0. The molecule has 0 spiro atoms. The third-order valence-corrected chi connectivity index (χ3v) is 3.31. The molecule has 0 heterocycles. The van der Waals surface area contributed by atoms with E-state index in [2.05, 4.69) is 13.8 Å². The zero-order chi connectivity index (χ0) is 8.97. The van der Waals surface area contributed by atoms with Crippen molar-refractivity contribution in [3.8, 4) is 0 Å². The van der Waals surface area contributed by atoms with Crippen LogP contribution < -0.4 is 0 Å². The smallest absolute Gasteiger partial charge is 0.0462 e. The fourth-order valence-corrected chi connectivity index (χ4v) is 2.52. The molecule has 1 heteroatoms. The zero-order valence-corrected chi connectivity index (χ0v) is 8.42. The predicted octanol–water partition coefficient (Wildman–Crippen LogP) is 2.83. The summed E-state index contributed by atoms with van der Waals surface area (Å²) < 4.78 is 0. The van der Waals surface area contributed by atoms with Gasteiger partial charge in [-0.1, -0.05) is 33.1 Å². The first-order chi connectivity index (χ1) is 5.75. The van der Waals surface area contributed by atoms with Gasteiger partial charge in [0.15, 0.2) is 0 Å². The normalized spacial score (nSPS) is 32.0. The molecule has 0 aromatic heterocycles.